The van der Waals surface area contributed by atoms with Gasteiger partial charge >= 0.3 is 5.97 Å². The number of carboxylic acid groups (broad SMARTS) is 1. The average Bonchev–Trinajstić information content (AvgIpc) is 2.60. The third-order valence-electron chi connectivity index (χ3n) is 1.58. The fourth-order valence-corrected chi connectivity index (χ4v) is 1.64. The number of nitrogens with one attached hydrogen (secondary N) is 1. The first-order valence-corrected chi connectivity index (χ1v) is 5.03. The molecule has 0 aromatic carbocycles. The molecule has 0 aliphatic rings. The summed E-state index contributed by atoms with van der Waals surface area (Å²) >= 11 is 1.29. The third kappa shape index (κ3) is 2.97. The quantitative estimate of drug-likeness (QED) is 0.701. The molecule has 2 N–H and O–H groups in total. The number of hydrogen-bond acceptors (Lipinski definition) is 5. The molecule has 0 fully saturated rings. The van der Waals surface area contributed by atoms with Crippen molar-refractivity contribution in [2.45, 2.75) is 6.42 Å². The van der Waals surface area contributed by atoms with Crippen molar-refractivity contribution in [2.75, 3.05) is 25.6 Å². The Kier molecular flexibility index (Phi) is 4.34. The standard InChI is InChI=1S/C8H12N2O3S/c1-13-4-2-3-9-7-6(8(11)12)10-5-14-7/h5,9H,2-4H2,1H3,(H,11,12). The van der Waals surface area contributed by atoms with Gasteiger partial charge in [-0.15, -0.1) is 11.3 Å². The zero-order valence-electron chi connectivity index (χ0n) is 7.82. The first-order chi connectivity index (χ1) is 6.75. The Morgan fingerprint density at radius 2 is 2.57 bits per heavy atom. The summed E-state index contributed by atoms with van der Waals surface area (Å²) in [5.74, 6) is -1.000. The van der Waals surface area contributed by atoms with Gasteiger partial charge in [-0.25, -0.2) is 9.78 Å². The predicted octanol–water partition coefficient (Wildman–Crippen LogP) is 1.29. The van der Waals surface area contributed by atoms with Crippen molar-refractivity contribution >= 4 is 22.3 Å². The molecule has 1 heterocycles. The highest BCUT2D eigenvalue weighted by atomic mass is 32.1. The number of anilines is 1. The molecule has 6 heteroatoms. The van der Waals surface area contributed by atoms with Crippen LogP contribution in [0.1, 0.15) is 16.9 Å². The van der Waals surface area contributed by atoms with Crippen LogP contribution in [0, 0.1) is 0 Å². The molecule has 0 unspecified atom stereocenters. The van der Waals surface area contributed by atoms with Crippen LogP contribution in [0.5, 0.6) is 0 Å². The molecule has 5 nitrogen and oxygen atoms in total. The molecule has 0 saturated carbocycles. The number of carboxylic acids is 1. The summed E-state index contributed by atoms with van der Waals surface area (Å²) in [6.45, 7) is 1.35. The highest BCUT2D eigenvalue weighted by Gasteiger charge is 2.12. The largest absolute Gasteiger partial charge is 0.476 e. The minimum Gasteiger partial charge on any atom is -0.476 e. The number of thiazole rings is 1. The molecule has 1 aromatic rings. The molecule has 1 aromatic heterocycles. The number of rotatable bonds is 6. The van der Waals surface area contributed by atoms with Gasteiger partial charge < -0.3 is 15.2 Å². The summed E-state index contributed by atoms with van der Waals surface area (Å²) in [5.41, 5.74) is 1.61. The summed E-state index contributed by atoms with van der Waals surface area (Å²) in [6, 6.07) is 0. The van der Waals surface area contributed by atoms with Crippen molar-refractivity contribution in [2.24, 2.45) is 0 Å². The maximum absolute atomic E-state index is 10.7. The molecule has 14 heavy (non-hydrogen) atoms. The van der Waals surface area contributed by atoms with Gasteiger partial charge in [0, 0.05) is 20.3 Å². The van der Waals surface area contributed by atoms with Crippen molar-refractivity contribution in [3.05, 3.63) is 11.2 Å². The molecule has 0 bridgehead atoms. The predicted molar refractivity (Wildman–Crippen MR) is 54.1 cm³/mol. The smallest absolute Gasteiger partial charge is 0.357 e. The summed E-state index contributed by atoms with van der Waals surface area (Å²) in [4.78, 5) is 14.4. The molecule has 0 spiro atoms. The van der Waals surface area contributed by atoms with Crippen LogP contribution in [0.3, 0.4) is 0 Å². The number of aromatic carboxylic acids is 1. The normalized spacial score (nSPS) is 10.1. The van der Waals surface area contributed by atoms with E-state index < -0.39 is 5.97 Å². The van der Waals surface area contributed by atoms with Crippen molar-refractivity contribution in [1.82, 2.24) is 4.98 Å². The van der Waals surface area contributed by atoms with Crippen LogP contribution in [0.4, 0.5) is 5.00 Å². The lowest BCUT2D eigenvalue weighted by molar-refractivity contribution is 0.0692. The van der Waals surface area contributed by atoms with Crippen LogP contribution < -0.4 is 5.32 Å². The van der Waals surface area contributed by atoms with Gasteiger partial charge in [0.05, 0.1) is 5.51 Å². The highest BCUT2D eigenvalue weighted by Crippen LogP contribution is 2.19. The lowest BCUT2D eigenvalue weighted by Crippen LogP contribution is -2.07. The number of hydrogen-bond donors (Lipinski definition) is 2. The topological polar surface area (TPSA) is 71.5 Å². The number of ether oxygens (including phenoxy) is 1. The molecule has 0 aliphatic carbocycles. The monoisotopic (exact) mass is 216 g/mol. The molecule has 0 radical (unpaired) electrons. The molecule has 1 rings (SSSR count). The average molecular weight is 216 g/mol. The second kappa shape index (κ2) is 5.56. The zero-order chi connectivity index (χ0) is 10.4. The van der Waals surface area contributed by atoms with Crippen LogP contribution in [0.15, 0.2) is 5.51 Å². The third-order valence-corrected chi connectivity index (χ3v) is 2.37. The van der Waals surface area contributed by atoms with Gasteiger partial charge in [-0.2, -0.15) is 0 Å². The summed E-state index contributed by atoms with van der Waals surface area (Å²) < 4.78 is 4.87. The Balaban J connectivity index is 2.42. The van der Waals surface area contributed by atoms with Gasteiger partial charge in [-0.3, -0.25) is 0 Å². The number of nitrogens with zero attached hydrogens (tertiary/aromatic N) is 1. The van der Waals surface area contributed by atoms with E-state index in [2.05, 4.69) is 10.3 Å². The van der Waals surface area contributed by atoms with Crippen LogP contribution in [-0.4, -0.2) is 36.3 Å². The number of carbonyl (C=O) groups is 1. The van der Waals surface area contributed by atoms with E-state index in [0.29, 0.717) is 18.2 Å². The Hall–Kier alpha value is -1.14. The SMILES string of the molecule is COCCCNc1scnc1C(=O)O. The zero-order valence-corrected chi connectivity index (χ0v) is 8.63. The molecule has 78 valence electrons. The minimum absolute atomic E-state index is 0.0902. The minimum atomic E-state index is -1.000. The van der Waals surface area contributed by atoms with E-state index in [9.17, 15) is 4.79 Å². The van der Waals surface area contributed by atoms with Crippen molar-refractivity contribution in [3.63, 3.8) is 0 Å². The van der Waals surface area contributed by atoms with E-state index in [1.54, 1.807) is 7.11 Å². The summed E-state index contributed by atoms with van der Waals surface area (Å²) in [5, 5.41) is 12.3. The lowest BCUT2D eigenvalue weighted by Gasteiger charge is -2.03. The second-order valence-electron chi connectivity index (χ2n) is 2.61. The van der Waals surface area contributed by atoms with Crippen molar-refractivity contribution in [3.8, 4) is 0 Å². The van der Waals surface area contributed by atoms with E-state index in [0.717, 1.165) is 6.42 Å². The Morgan fingerprint density at radius 3 is 3.21 bits per heavy atom. The fraction of sp³-hybridized carbons (Fsp3) is 0.500. The maximum atomic E-state index is 10.7. The second-order valence-corrected chi connectivity index (χ2v) is 3.46. The van der Waals surface area contributed by atoms with Gasteiger partial charge in [0.2, 0.25) is 0 Å². The van der Waals surface area contributed by atoms with Crippen molar-refractivity contribution < 1.29 is 14.6 Å². The number of aromatic nitrogens is 1. The van der Waals surface area contributed by atoms with Crippen molar-refractivity contribution in [1.29, 1.82) is 0 Å². The number of methoxy groups -OCH3 is 1. The summed E-state index contributed by atoms with van der Waals surface area (Å²) in [7, 11) is 1.63. The van der Waals surface area contributed by atoms with Gasteiger partial charge in [-0.1, -0.05) is 0 Å². The Bertz CT molecular complexity index is 301. The molecule has 0 amide bonds. The van der Waals surface area contributed by atoms with E-state index in [1.807, 2.05) is 0 Å². The Labute approximate surface area is 85.7 Å². The molecular weight excluding hydrogens is 204 g/mol. The lowest BCUT2D eigenvalue weighted by atomic mass is 10.4. The van der Waals surface area contributed by atoms with Gasteiger partial charge in [-0.05, 0) is 6.42 Å². The molecule has 0 aliphatic heterocycles. The fourth-order valence-electron chi connectivity index (χ4n) is 0.942. The summed E-state index contributed by atoms with van der Waals surface area (Å²) in [6.07, 6.45) is 0.841. The molecule has 0 atom stereocenters. The Morgan fingerprint density at radius 1 is 1.79 bits per heavy atom. The first kappa shape index (κ1) is 10.9. The van der Waals surface area contributed by atoms with E-state index in [-0.39, 0.29) is 5.69 Å². The van der Waals surface area contributed by atoms with E-state index in [1.165, 1.54) is 16.8 Å². The maximum Gasteiger partial charge on any atom is 0.357 e. The highest BCUT2D eigenvalue weighted by molar-refractivity contribution is 7.14. The van der Waals surface area contributed by atoms with Crippen LogP contribution in [0.25, 0.3) is 0 Å². The van der Waals surface area contributed by atoms with Crippen LogP contribution >= 0.6 is 11.3 Å². The van der Waals surface area contributed by atoms with E-state index in [4.69, 9.17) is 9.84 Å². The first-order valence-electron chi connectivity index (χ1n) is 4.15. The van der Waals surface area contributed by atoms with Crippen LogP contribution in [0.2, 0.25) is 0 Å². The van der Waals surface area contributed by atoms with E-state index >= 15 is 0 Å². The molecular formula is C8H12N2O3S. The van der Waals surface area contributed by atoms with Gasteiger partial charge in [0.25, 0.3) is 0 Å². The van der Waals surface area contributed by atoms with Gasteiger partial charge in [0.15, 0.2) is 5.69 Å². The van der Waals surface area contributed by atoms with Crippen LogP contribution in [-0.2, 0) is 4.74 Å². The van der Waals surface area contributed by atoms with Gasteiger partial charge in [0.1, 0.15) is 5.00 Å². The molecule has 0 saturated heterocycles.